The molecule has 6 heteroatoms. The van der Waals surface area contributed by atoms with Crippen molar-refractivity contribution in [3.63, 3.8) is 0 Å². The van der Waals surface area contributed by atoms with E-state index in [1.807, 2.05) is 41.8 Å². The van der Waals surface area contributed by atoms with Gasteiger partial charge in [-0.3, -0.25) is 4.68 Å². The summed E-state index contributed by atoms with van der Waals surface area (Å²) in [5.41, 5.74) is 2.54. The number of benzene rings is 1. The SMILES string of the molecule is CCn1cc2c(n1)COc1c-2cc(C#N)c(I)c1F. The Morgan fingerprint density at radius 1 is 1.58 bits per heavy atom. The van der Waals surface area contributed by atoms with Gasteiger partial charge in [-0.25, -0.2) is 4.39 Å². The summed E-state index contributed by atoms with van der Waals surface area (Å²) >= 11 is 1.82. The maximum Gasteiger partial charge on any atom is 0.180 e. The fourth-order valence-corrected chi connectivity index (χ4v) is 2.65. The van der Waals surface area contributed by atoms with Gasteiger partial charge in [-0.05, 0) is 35.6 Å². The fraction of sp³-hybridized carbons (Fsp3) is 0.231. The monoisotopic (exact) mass is 369 g/mol. The third-order valence-electron chi connectivity index (χ3n) is 3.09. The van der Waals surface area contributed by atoms with Crippen LogP contribution in [-0.2, 0) is 13.2 Å². The summed E-state index contributed by atoms with van der Waals surface area (Å²) in [4.78, 5) is 0. The van der Waals surface area contributed by atoms with Crippen LogP contribution < -0.4 is 4.74 Å². The van der Waals surface area contributed by atoms with Gasteiger partial charge >= 0.3 is 0 Å². The number of halogens is 2. The number of rotatable bonds is 1. The quantitative estimate of drug-likeness (QED) is 0.726. The van der Waals surface area contributed by atoms with Crippen molar-refractivity contribution in [3.05, 3.63) is 32.9 Å². The van der Waals surface area contributed by atoms with E-state index in [-0.39, 0.29) is 12.4 Å². The lowest BCUT2D eigenvalue weighted by Gasteiger charge is -2.18. The van der Waals surface area contributed by atoms with Crippen molar-refractivity contribution in [1.82, 2.24) is 9.78 Å². The summed E-state index contributed by atoms with van der Waals surface area (Å²) < 4.78 is 21.7. The minimum absolute atomic E-state index is 0.214. The Labute approximate surface area is 122 Å². The molecule has 96 valence electrons. The van der Waals surface area contributed by atoms with Gasteiger partial charge in [0.2, 0.25) is 0 Å². The van der Waals surface area contributed by atoms with Gasteiger partial charge in [-0.1, -0.05) is 0 Å². The van der Waals surface area contributed by atoms with E-state index in [2.05, 4.69) is 5.10 Å². The maximum atomic E-state index is 14.2. The van der Waals surface area contributed by atoms with E-state index < -0.39 is 5.82 Å². The zero-order valence-corrected chi connectivity index (χ0v) is 12.2. The van der Waals surface area contributed by atoms with Crippen molar-refractivity contribution in [2.45, 2.75) is 20.1 Å². The molecule has 0 aliphatic carbocycles. The Hall–Kier alpha value is -1.62. The molecule has 0 amide bonds. The van der Waals surface area contributed by atoms with Gasteiger partial charge in [0.05, 0.1) is 9.13 Å². The Bertz CT molecular complexity index is 718. The molecule has 0 unspecified atom stereocenters. The second kappa shape index (κ2) is 4.49. The molecule has 3 rings (SSSR count). The molecular formula is C13H9FIN3O. The molecule has 0 N–H and O–H groups in total. The molecule has 0 saturated carbocycles. The largest absolute Gasteiger partial charge is 0.483 e. The highest BCUT2D eigenvalue weighted by Crippen LogP contribution is 2.41. The average Bonchev–Trinajstić information content (AvgIpc) is 2.85. The number of nitriles is 1. The van der Waals surface area contributed by atoms with E-state index >= 15 is 0 Å². The average molecular weight is 369 g/mol. The smallest absolute Gasteiger partial charge is 0.180 e. The lowest BCUT2D eigenvalue weighted by molar-refractivity contribution is 0.280. The van der Waals surface area contributed by atoms with Crippen LogP contribution >= 0.6 is 22.6 Å². The van der Waals surface area contributed by atoms with Crippen LogP contribution in [0, 0.1) is 20.7 Å². The molecule has 19 heavy (non-hydrogen) atoms. The number of hydrogen-bond donors (Lipinski definition) is 0. The Kier molecular flexibility index (Phi) is 2.93. The van der Waals surface area contributed by atoms with Gasteiger partial charge in [-0.15, -0.1) is 0 Å². The van der Waals surface area contributed by atoms with Crippen molar-refractivity contribution >= 4 is 22.6 Å². The standard InChI is InChI=1S/C13H9FIN3O/c1-2-18-5-9-8-3-7(4-16)12(15)11(14)13(8)19-6-10(9)17-18/h3,5H,2,6H2,1H3. The third-order valence-corrected chi connectivity index (χ3v) is 4.14. The molecule has 2 heterocycles. The molecule has 1 aromatic heterocycles. The molecule has 0 radical (unpaired) electrons. The molecule has 0 atom stereocenters. The number of ether oxygens (including phenoxy) is 1. The number of aryl methyl sites for hydroxylation is 1. The van der Waals surface area contributed by atoms with Crippen LogP contribution in [0.3, 0.4) is 0 Å². The van der Waals surface area contributed by atoms with E-state index in [1.54, 1.807) is 10.7 Å². The molecule has 4 nitrogen and oxygen atoms in total. The van der Waals surface area contributed by atoms with E-state index in [1.165, 1.54) is 0 Å². The summed E-state index contributed by atoms with van der Waals surface area (Å²) in [6, 6.07) is 3.67. The first-order valence-corrected chi connectivity index (χ1v) is 6.85. The molecule has 0 saturated heterocycles. The number of aromatic nitrogens is 2. The molecule has 1 aliphatic heterocycles. The highest BCUT2D eigenvalue weighted by Gasteiger charge is 2.26. The topological polar surface area (TPSA) is 50.8 Å². The summed E-state index contributed by atoms with van der Waals surface area (Å²) in [6.07, 6.45) is 1.87. The lowest BCUT2D eigenvalue weighted by atomic mass is 10.0. The normalized spacial score (nSPS) is 12.3. The number of nitrogens with zero attached hydrogens (tertiary/aromatic N) is 3. The fourth-order valence-electron chi connectivity index (χ4n) is 2.13. The zero-order valence-electron chi connectivity index (χ0n) is 10.1. The second-order valence-corrected chi connectivity index (χ2v) is 5.25. The summed E-state index contributed by atoms with van der Waals surface area (Å²) in [7, 11) is 0. The van der Waals surface area contributed by atoms with Crippen molar-refractivity contribution in [2.24, 2.45) is 0 Å². The van der Waals surface area contributed by atoms with Gasteiger partial charge < -0.3 is 4.74 Å². The molecule has 0 fully saturated rings. The Balaban J connectivity index is 2.29. The molecule has 0 spiro atoms. The lowest BCUT2D eigenvalue weighted by Crippen LogP contribution is -2.08. The minimum Gasteiger partial charge on any atom is -0.483 e. The predicted molar refractivity (Wildman–Crippen MR) is 75.1 cm³/mol. The van der Waals surface area contributed by atoms with E-state index in [0.29, 0.717) is 14.7 Å². The molecule has 2 aromatic rings. The molecule has 0 bridgehead atoms. The van der Waals surface area contributed by atoms with Crippen molar-refractivity contribution in [3.8, 4) is 22.9 Å². The molecule has 1 aliphatic rings. The first-order valence-electron chi connectivity index (χ1n) is 5.77. The van der Waals surface area contributed by atoms with E-state index in [4.69, 9.17) is 10.00 Å². The van der Waals surface area contributed by atoms with Crippen LogP contribution in [0.15, 0.2) is 12.3 Å². The van der Waals surface area contributed by atoms with E-state index in [9.17, 15) is 4.39 Å². The first-order chi connectivity index (χ1) is 9.15. The van der Waals surface area contributed by atoms with Gasteiger partial charge in [0.25, 0.3) is 0 Å². The van der Waals surface area contributed by atoms with Gasteiger partial charge in [0, 0.05) is 23.9 Å². The van der Waals surface area contributed by atoms with Crippen molar-refractivity contribution in [1.29, 1.82) is 5.26 Å². The second-order valence-electron chi connectivity index (χ2n) is 4.17. The van der Waals surface area contributed by atoms with Crippen molar-refractivity contribution < 1.29 is 9.13 Å². The Morgan fingerprint density at radius 2 is 2.37 bits per heavy atom. The Morgan fingerprint density at radius 3 is 3.05 bits per heavy atom. The highest BCUT2D eigenvalue weighted by molar-refractivity contribution is 14.1. The van der Waals surface area contributed by atoms with Gasteiger partial charge in [-0.2, -0.15) is 10.4 Å². The van der Waals surface area contributed by atoms with Gasteiger partial charge in [0.15, 0.2) is 11.6 Å². The van der Waals surface area contributed by atoms with Crippen LogP contribution in [-0.4, -0.2) is 9.78 Å². The third kappa shape index (κ3) is 1.80. The van der Waals surface area contributed by atoms with E-state index in [0.717, 1.165) is 17.8 Å². The number of fused-ring (bicyclic) bond motifs is 3. The van der Waals surface area contributed by atoms with Crippen LogP contribution in [0.4, 0.5) is 4.39 Å². The van der Waals surface area contributed by atoms with Crippen molar-refractivity contribution in [2.75, 3.05) is 0 Å². The first kappa shape index (κ1) is 12.4. The van der Waals surface area contributed by atoms with Crippen LogP contribution in [0.25, 0.3) is 11.1 Å². The molecule has 1 aromatic carbocycles. The van der Waals surface area contributed by atoms with Crippen LogP contribution in [0.1, 0.15) is 18.2 Å². The predicted octanol–water partition coefficient (Wildman–Crippen LogP) is 3.08. The highest BCUT2D eigenvalue weighted by atomic mass is 127. The summed E-state index contributed by atoms with van der Waals surface area (Å²) in [5.74, 6) is -0.254. The summed E-state index contributed by atoms with van der Waals surface area (Å²) in [5, 5.41) is 13.4. The number of hydrogen-bond acceptors (Lipinski definition) is 3. The molecular weight excluding hydrogens is 360 g/mol. The maximum absolute atomic E-state index is 14.2. The zero-order chi connectivity index (χ0) is 13.6. The van der Waals surface area contributed by atoms with Crippen LogP contribution in [0.5, 0.6) is 5.75 Å². The van der Waals surface area contributed by atoms with Gasteiger partial charge in [0.1, 0.15) is 18.4 Å². The van der Waals surface area contributed by atoms with Crippen LogP contribution in [0.2, 0.25) is 0 Å². The minimum atomic E-state index is -0.468. The summed E-state index contributed by atoms with van der Waals surface area (Å²) in [6.45, 7) is 2.98.